The van der Waals surface area contributed by atoms with Crippen molar-refractivity contribution < 1.29 is 18.0 Å². The van der Waals surface area contributed by atoms with Gasteiger partial charge in [-0.05, 0) is 51.2 Å². The lowest BCUT2D eigenvalue weighted by molar-refractivity contribution is -0.126. The second kappa shape index (κ2) is 10.3. The van der Waals surface area contributed by atoms with Crippen LogP contribution in [0.1, 0.15) is 76.6 Å². The third-order valence-corrected chi connectivity index (χ3v) is 7.35. The topological polar surface area (TPSA) is 83.6 Å². The van der Waals surface area contributed by atoms with Gasteiger partial charge in [-0.1, -0.05) is 45.2 Å². The number of carbonyl (C=O) groups is 2. The normalized spacial score (nSPS) is 19.1. The number of sulfonamides is 1. The third kappa shape index (κ3) is 6.37. The Morgan fingerprint density at radius 3 is 2.34 bits per heavy atom. The molecule has 7 heteroatoms. The van der Waals surface area contributed by atoms with Crippen LogP contribution < -0.4 is 5.32 Å². The van der Waals surface area contributed by atoms with Gasteiger partial charge in [-0.15, -0.1) is 0 Å². The Labute approximate surface area is 175 Å². The molecule has 1 aromatic carbocycles. The van der Waals surface area contributed by atoms with E-state index < -0.39 is 16.1 Å². The average molecular weight is 423 g/mol. The monoisotopic (exact) mass is 422 g/mol. The third-order valence-electron chi connectivity index (χ3n) is 5.43. The number of nitrogens with one attached hydrogen (secondary N) is 1. The van der Waals surface area contributed by atoms with E-state index in [4.69, 9.17) is 0 Å². The van der Waals surface area contributed by atoms with Crippen molar-refractivity contribution in [3.63, 3.8) is 0 Å². The summed E-state index contributed by atoms with van der Waals surface area (Å²) in [4.78, 5) is 24.4. The molecule has 1 fully saturated rings. The van der Waals surface area contributed by atoms with Crippen molar-refractivity contribution in [3.8, 4) is 0 Å². The minimum Gasteiger partial charge on any atom is -0.352 e. The molecular weight excluding hydrogens is 388 g/mol. The number of Topliss-reactive ketones (excluding diaryl/α,β-unsaturated/α-hetero) is 1. The number of nitrogens with zero attached hydrogens (tertiary/aromatic N) is 1. The minimum absolute atomic E-state index is 0.0163. The first-order valence-electron chi connectivity index (χ1n) is 10.6. The van der Waals surface area contributed by atoms with Crippen LogP contribution in [0.4, 0.5) is 0 Å². The first-order valence-corrected chi connectivity index (χ1v) is 12.0. The minimum atomic E-state index is -3.80. The van der Waals surface area contributed by atoms with Crippen LogP contribution in [-0.4, -0.2) is 43.0 Å². The Hall–Kier alpha value is -1.73. The van der Waals surface area contributed by atoms with Crippen LogP contribution in [-0.2, 0) is 14.8 Å². The molecule has 0 radical (unpaired) electrons. The van der Waals surface area contributed by atoms with Crippen molar-refractivity contribution in [1.29, 1.82) is 0 Å². The Morgan fingerprint density at radius 1 is 1.10 bits per heavy atom. The summed E-state index contributed by atoms with van der Waals surface area (Å²) >= 11 is 0. The maximum Gasteiger partial charge on any atom is 0.243 e. The van der Waals surface area contributed by atoms with Gasteiger partial charge in [0.15, 0.2) is 5.78 Å². The standard InChI is InChI=1S/C22H34N2O4S/c1-16(2)8-7-9-17(3)23-22(26)21-10-5-6-15-24(21)29(27,28)20-13-11-19(12-14-20)18(4)25/h11-14,16-17,21H,5-10,15H2,1-4H3,(H,23,26). The van der Waals surface area contributed by atoms with E-state index in [1.807, 2.05) is 6.92 Å². The molecule has 1 heterocycles. The fourth-order valence-electron chi connectivity index (χ4n) is 3.70. The van der Waals surface area contributed by atoms with Gasteiger partial charge < -0.3 is 5.32 Å². The number of hydrogen-bond acceptors (Lipinski definition) is 4. The summed E-state index contributed by atoms with van der Waals surface area (Å²) in [7, 11) is -3.80. The summed E-state index contributed by atoms with van der Waals surface area (Å²) in [5, 5.41) is 3.01. The van der Waals surface area contributed by atoms with Gasteiger partial charge in [0.2, 0.25) is 15.9 Å². The van der Waals surface area contributed by atoms with E-state index in [-0.39, 0.29) is 22.6 Å². The van der Waals surface area contributed by atoms with Crippen LogP contribution in [0.3, 0.4) is 0 Å². The molecule has 2 atom stereocenters. The fraction of sp³-hybridized carbons (Fsp3) is 0.636. The number of benzene rings is 1. The van der Waals surface area contributed by atoms with Gasteiger partial charge in [-0.25, -0.2) is 8.42 Å². The lowest BCUT2D eigenvalue weighted by atomic mass is 10.0. The highest BCUT2D eigenvalue weighted by atomic mass is 32.2. The number of carbonyl (C=O) groups excluding carboxylic acids is 2. The van der Waals surface area contributed by atoms with Crippen molar-refractivity contribution >= 4 is 21.7 Å². The highest BCUT2D eigenvalue weighted by molar-refractivity contribution is 7.89. The Bertz CT molecular complexity index is 803. The van der Waals surface area contributed by atoms with Crippen LogP contribution in [0, 0.1) is 5.92 Å². The SMILES string of the molecule is CC(=O)c1ccc(S(=O)(=O)N2CCCCC2C(=O)NC(C)CCCC(C)C)cc1. The lowest BCUT2D eigenvalue weighted by Crippen LogP contribution is -2.53. The van der Waals surface area contributed by atoms with Gasteiger partial charge in [0.1, 0.15) is 6.04 Å². The molecule has 1 aliphatic heterocycles. The average Bonchev–Trinajstić information content (AvgIpc) is 2.67. The highest BCUT2D eigenvalue weighted by Gasteiger charge is 2.37. The molecule has 1 aromatic rings. The number of rotatable bonds is 9. The molecule has 0 aliphatic carbocycles. The van der Waals surface area contributed by atoms with Crippen molar-refractivity contribution in [2.24, 2.45) is 5.92 Å². The molecule has 1 amide bonds. The van der Waals surface area contributed by atoms with Gasteiger partial charge in [-0.2, -0.15) is 4.31 Å². The summed E-state index contributed by atoms with van der Waals surface area (Å²) in [5.41, 5.74) is 0.465. The summed E-state index contributed by atoms with van der Waals surface area (Å²) in [6, 6.07) is 5.26. The highest BCUT2D eigenvalue weighted by Crippen LogP contribution is 2.26. The summed E-state index contributed by atoms with van der Waals surface area (Å²) in [6.07, 6.45) is 5.12. The molecule has 0 spiro atoms. The summed E-state index contributed by atoms with van der Waals surface area (Å²) < 4.78 is 27.7. The second-order valence-corrected chi connectivity index (χ2v) is 10.3. The summed E-state index contributed by atoms with van der Waals surface area (Å²) in [5.74, 6) is 0.299. The second-order valence-electron chi connectivity index (χ2n) is 8.44. The molecule has 2 rings (SSSR count). The molecule has 162 valence electrons. The maximum atomic E-state index is 13.2. The van der Waals surface area contributed by atoms with Crippen molar-refractivity contribution in [1.82, 2.24) is 9.62 Å². The van der Waals surface area contributed by atoms with Crippen molar-refractivity contribution in [2.75, 3.05) is 6.54 Å². The Morgan fingerprint density at radius 2 is 1.76 bits per heavy atom. The van der Waals surface area contributed by atoms with Crippen molar-refractivity contribution in [3.05, 3.63) is 29.8 Å². The maximum absolute atomic E-state index is 13.2. The van der Waals surface area contributed by atoms with Gasteiger partial charge in [0, 0.05) is 18.2 Å². The number of ketones is 1. The van der Waals surface area contributed by atoms with Crippen LogP contribution in [0.25, 0.3) is 0 Å². The van der Waals surface area contributed by atoms with Crippen LogP contribution in [0.2, 0.25) is 0 Å². The van der Waals surface area contributed by atoms with E-state index in [9.17, 15) is 18.0 Å². The van der Waals surface area contributed by atoms with Gasteiger partial charge in [-0.3, -0.25) is 9.59 Å². The smallest absolute Gasteiger partial charge is 0.243 e. The molecule has 0 saturated carbocycles. The Kier molecular flexibility index (Phi) is 8.40. The Balaban J connectivity index is 2.11. The van der Waals surface area contributed by atoms with E-state index in [0.29, 0.717) is 24.4 Å². The van der Waals surface area contributed by atoms with E-state index in [1.165, 1.54) is 35.5 Å². The zero-order chi connectivity index (χ0) is 21.6. The number of amides is 1. The van der Waals surface area contributed by atoms with Gasteiger partial charge in [0.25, 0.3) is 0 Å². The molecule has 1 saturated heterocycles. The van der Waals surface area contributed by atoms with Gasteiger partial charge in [0.05, 0.1) is 4.90 Å². The van der Waals surface area contributed by atoms with E-state index in [0.717, 1.165) is 32.1 Å². The first kappa shape index (κ1) is 23.5. The van der Waals surface area contributed by atoms with Gasteiger partial charge >= 0.3 is 0 Å². The first-order chi connectivity index (χ1) is 13.6. The molecule has 0 aromatic heterocycles. The van der Waals surface area contributed by atoms with Crippen LogP contribution >= 0.6 is 0 Å². The van der Waals surface area contributed by atoms with Crippen LogP contribution in [0.15, 0.2) is 29.2 Å². The molecule has 6 nitrogen and oxygen atoms in total. The van der Waals surface area contributed by atoms with E-state index in [2.05, 4.69) is 19.2 Å². The van der Waals surface area contributed by atoms with E-state index in [1.54, 1.807) is 0 Å². The van der Waals surface area contributed by atoms with Crippen LogP contribution in [0.5, 0.6) is 0 Å². The predicted octanol–water partition coefficient (Wildman–Crippen LogP) is 3.76. The van der Waals surface area contributed by atoms with Crippen molar-refractivity contribution in [2.45, 2.75) is 83.2 Å². The quantitative estimate of drug-likeness (QED) is 0.614. The molecule has 29 heavy (non-hydrogen) atoms. The molecule has 0 bridgehead atoms. The number of piperidine rings is 1. The molecular formula is C22H34N2O4S. The fourth-order valence-corrected chi connectivity index (χ4v) is 5.35. The zero-order valence-electron chi connectivity index (χ0n) is 18.0. The molecule has 2 unspecified atom stereocenters. The molecule has 1 N–H and O–H groups in total. The predicted molar refractivity (Wildman–Crippen MR) is 114 cm³/mol. The summed E-state index contributed by atoms with van der Waals surface area (Å²) in [6.45, 7) is 8.10. The van der Waals surface area contributed by atoms with E-state index >= 15 is 0 Å². The number of hydrogen-bond donors (Lipinski definition) is 1. The molecule has 1 aliphatic rings. The zero-order valence-corrected chi connectivity index (χ0v) is 18.8. The largest absolute Gasteiger partial charge is 0.352 e. The lowest BCUT2D eigenvalue weighted by Gasteiger charge is -2.34.